The van der Waals surface area contributed by atoms with Crippen LogP contribution < -0.4 is 0 Å². The molecule has 0 amide bonds. The van der Waals surface area contributed by atoms with Gasteiger partial charge in [0.2, 0.25) is 0 Å². The summed E-state index contributed by atoms with van der Waals surface area (Å²) < 4.78 is 0. The largest absolute Gasteiger partial charge is 0.390 e. The number of hydrogen-bond acceptors (Lipinski definition) is 1. The van der Waals surface area contributed by atoms with Gasteiger partial charge in [0.1, 0.15) is 0 Å². The molecular weight excluding hydrogens is 112 g/mol. The molecular formula is C8H14O. The molecule has 1 nitrogen and oxygen atoms in total. The fourth-order valence-corrected chi connectivity index (χ4v) is 2.58. The van der Waals surface area contributed by atoms with Crippen molar-refractivity contribution in [2.24, 2.45) is 11.8 Å². The molecule has 0 aliphatic heterocycles. The van der Waals surface area contributed by atoms with E-state index in [4.69, 9.17) is 0 Å². The Morgan fingerprint density at radius 1 is 1.44 bits per heavy atom. The standard InChI is InChI=1S/C8H14O/c1-8(9)5-6-2-3-7(8)4-6/h6-7,9H,2-5H2,1H3/t6?,7?,8-/m0/s1. The zero-order valence-electron chi connectivity index (χ0n) is 5.93. The topological polar surface area (TPSA) is 20.2 Å². The molecule has 2 aliphatic carbocycles. The molecule has 1 N–H and O–H groups in total. The Kier molecular flexibility index (Phi) is 0.963. The minimum Gasteiger partial charge on any atom is -0.390 e. The quantitative estimate of drug-likeness (QED) is 0.522. The lowest BCUT2D eigenvalue weighted by Crippen LogP contribution is -2.30. The predicted molar refractivity (Wildman–Crippen MR) is 36.1 cm³/mol. The van der Waals surface area contributed by atoms with Crippen LogP contribution in [0.1, 0.15) is 32.6 Å². The Morgan fingerprint density at radius 3 is 2.44 bits per heavy atom. The highest BCUT2D eigenvalue weighted by Crippen LogP contribution is 2.50. The van der Waals surface area contributed by atoms with Gasteiger partial charge in [0.15, 0.2) is 0 Å². The van der Waals surface area contributed by atoms with E-state index in [0.29, 0.717) is 5.92 Å². The molecule has 0 aromatic rings. The third-order valence-electron chi connectivity index (χ3n) is 3.12. The van der Waals surface area contributed by atoms with Crippen molar-refractivity contribution in [2.45, 2.75) is 38.2 Å². The minimum absolute atomic E-state index is 0.289. The first kappa shape index (κ1) is 5.72. The average molecular weight is 126 g/mol. The molecule has 0 aromatic carbocycles. The molecule has 0 radical (unpaired) electrons. The number of aliphatic hydroxyl groups is 1. The summed E-state index contributed by atoms with van der Waals surface area (Å²) in [6.07, 6.45) is 5.02. The van der Waals surface area contributed by atoms with E-state index in [1.54, 1.807) is 0 Å². The van der Waals surface area contributed by atoms with E-state index in [1.807, 2.05) is 6.92 Å². The van der Waals surface area contributed by atoms with Gasteiger partial charge in [-0.15, -0.1) is 0 Å². The van der Waals surface area contributed by atoms with Gasteiger partial charge < -0.3 is 5.11 Å². The summed E-state index contributed by atoms with van der Waals surface area (Å²) in [5, 5.41) is 9.68. The van der Waals surface area contributed by atoms with Crippen molar-refractivity contribution >= 4 is 0 Å². The molecule has 0 aromatic heterocycles. The second-order valence-corrected chi connectivity index (χ2v) is 3.94. The van der Waals surface area contributed by atoms with Crippen LogP contribution >= 0.6 is 0 Å². The first-order valence-electron chi connectivity index (χ1n) is 3.91. The van der Waals surface area contributed by atoms with Gasteiger partial charge in [-0.2, -0.15) is 0 Å². The van der Waals surface area contributed by atoms with Crippen molar-refractivity contribution in [1.82, 2.24) is 0 Å². The summed E-state index contributed by atoms with van der Waals surface area (Å²) in [4.78, 5) is 0. The van der Waals surface area contributed by atoms with Gasteiger partial charge in [-0.25, -0.2) is 0 Å². The van der Waals surface area contributed by atoms with E-state index in [1.165, 1.54) is 19.3 Å². The highest BCUT2D eigenvalue weighted by atomic mass is 16.3. The Morgan fingerprint density at radius 2 is 2.22 bits per heavy atom. The molecule has 2 saturated carbocycles. The van der Waals surface area contributed by atoms with Crippen LogP contribution in [-0.4, -0.2) is 10.7 Å². The molecule has 2 aliphatic rings. The second kappa shape index (κ2) is 1.51. The molecule has 1 heteroatoms. The van der Waals surface area contributed by atoms with Crippen molar-refractivity contribution in [1.29, 1.82) is 0 Å². The fourth-order valence-electron chi connectivity index (χ4n) is 2.58. The van der Waals surface area contributed by atoms with Crippen LogP contribution in [0.5, 0.6) is 0 Å². The molecule has 2 bridgehead atoms. The number of fused-ring (bicyclic) bond motifs is 2. The smallest absolute Gasteiger partial charge is 0.0650 e. The maximum Gasteiger partial charge on any atom is 0.0650 e. The van der Waals surface area contributed by atoms with E-state index in [2.05, 4.69) is 0 Å². The Balaban J connectivity index is 2.18. The molecule has 52 valence electrons. The summed E-state index contributed by atoms with van der Waals surface area (Å²) in [7, 11) is 0. The van der Waals surface area contributed by atoms with Crippen LogP contribution in [0.3, 0.4) is 0 Å². The molecule has 0 saturated heterocycles. The van der Waals surface area contributed by atoms with Gasteiger partial charge in [-0.05, 0) is 44.4 Å². The predicted octanol–water partition coefficient (Wildman–Crippen LogP) is 1.56. The molecule has 0 heterocycles. The van der Waals surface area contributed by atoms with Gasteiger partial charge in [0.25, 0.3) is 0 Å². The van der Waals surface area contributed by atoms with Crippen molar-refractivity contribution in [3.63, 3.8) is 0 Å². The average Bonchev–Trinajstić information content (AvgIpc) is 2.19. The van der Waals surface area contributed by atoms with Gasteiger partial charge >= 0.3 is 0 Å². The normalized spacial score (nSPS) is 56.7. The second-order valence-electron chi connectivity index (χ2n) is 3.94. The first-order chi connectivity index (χ1) is 4.18. The van der Waals surface area contributed by atoms with Crippen molar-refractivity contribution in [3.05, 3.63) is 0 Å². The van der Waals surface area contributed by atoms with Crippen molar-refractivity contribution < 1.29 is 5.11 Å². The van der Waals surface area contributed by atoms with E-state index in [9.17, 15) is 5.11 Å². The molecule has 3 atom stereocenters. The SMILES string of the molecule is C[C@]1(O)CC2CCC1C2. The minimum atomic E-state index is -0.289. The fraction of sp³-hybridized carbons (Fsp3) is 1.00. The molecule has 2 fully saturated rings. The zero-order chi connectivity index (χ0) is 6.48. The van der Waals surface area contributed by atoms with Gasteiger partial charge in [0.05, 0.1) is 5.60 Å². The summed E-state index contributed by atoms with van der Waals surface area (Å²) in [5.74, 6) is 1.51. The van der Waals surface area contributed by atoms with Crippen LogP contribution in [0.4, 0.5) is 0 Å². The summed E-state index contributed by atoms with van der Waals surface area (Å²) in [5.41, 5.74) is -0.289. The van der Waals surface area contributed by atoms with Crippen LogP contribution in [0, 0.1) is 11.8 Å². The first-order valence-corrected chi connectivity index (χ1v) is 3.91. The molecule has 2 rings (SSSR count). The highest BCUT2D eigenvalue weighted by molar-refractivity contribution is 4.98. The third-order valence-corrected chi connectivity index (χ3v) is 3.12. The van der Waals surface area contributed by atoms with Crippen LogP contribution in [0.25, 0.3) is 0 Å². The Hall–Kier alpha value is -0.0400. The lowest BCUT2D eigenvalue weighted by atomic mass is 9.86. The number of hydrogen-bond donors (Lipinski definition) is 1. The van der Waals surface area contributed by atoms with Gasteiger partial charge in [-0.1, -0.05) is 0 Å². The van der Waals surface area contributed by atoms with Gasteiger partial charge in [-0.3, -0.25) is 0 Å². The van der Waals surface area contributed by atoms with Crippen molar-refractivity contribution in [3.8, 4) is 0 Å². The third kappa shape index (κ3) is 0.710. The zero-order valence-corrected chi connectivity index (χ0v) is 5.93. The monoisotopic (exact) mass is 126 g/mol. The number of rotatable bonds is 0. The summed E-state index contributed by atoms with van der Waals surface area (Å²) in [6, 6.07) is 0. The molecule has 2 unspecified atom stereocenters. The van der Waals surface area contributed by atoms with Crippen LogP contribution in [0.2, 0.25) is 0 Å². The van der Waals surface area contributed by atoms with E-state index >= 15 is 0 Å². The Labute approximate surface area is 56.1 Å². The van der Waals surface area contributed by atoms with Crippen LogP contribution in [-0.2, 0) is 0 Å². The van der Waals surface area contributed by atoms with E-state index < -0.39 is 0 Å². The lowest BCUT2D eigenvalue weighted by molar-refractivity contribution is 0.00531. The van der Waals surface area contributed by atoms with E-state index in [-0.39, 0.29) is 5.60 Å². The summed E-state index contributed by atoms with van der Waals surface area (Å²) >= 11 is 0. The maximum atomic E-state index is 9.68. The maximum absolute atomic E-state index is 9.68. The van der Waals surface area contributed by atoms with E-state index in [0.717, 1.165) is 12.3 Å². The van der Waals surface area contributed by atoms with Crippen molar-refractivity contribution in [2.75, 3.05) is 0 Å². The summed E-state index contributed by atoms with van der Waals surface area (Å²) in [6.45, 7) is 2.00. The Bertz CT molecular complexity index is 129. The van der Waals surface area contributed by atoms with Gasteiger partial charge in [0, 0.05) is 0 Å². The van der Waals surface area contributed by atoms with Crippen LogP contribution in [0.15, 0.2) is 0 Å². The highest BCUT2D eigenvalue weighted by Gasteiger charge is 2.46. The molecule has 9 heavy (non-hydrogen) atoms. The lowest BCUT2D eigenvalue weighted by Gasteiger charge is -2.27. The molecule has 0 spiro atoms.